The molecule has 35 heavy (non-hydrogen) atoms. The zero-order valence-corrected chi connectivity index (χ0v) is 20.8. The highest BCUT2D eigenvalue weighted by Crippen LogP contribution is 2.40. The third-order valence-corrected chi connectivity index (χ3v) is 7.74. The van der Waals surface area contributed by atoms with Gasteiger partial charge in [0.25, 0.3) is 15.9 Å². The maximum atomic E-state index is 13.6. The minimum atomic E-state index is -3.93. The molecule has 1 aliphatic heterocycles. The second kappa shape index (κ2) is 9.70. The summed E-state index contributed by atoms with van der Waals surface area (Å²) in [6.45, 7) is 6.30. The van der Waals surface area contributed by atoms with Gasteiger partial charge < -0.3 is 10.1 Å². The van der Waals surface area contributed by atoms with Gasteiger partial charge in [-0.05, 0) is 59.4 Å². The number of hydrogen-bond donors (Lipinski definition) is 1. The molecule has 4 rings (SSSR count). The number of rotatable bonds is 6. The summed E-state index contributed by atoms with van der Waals surface area (Å²) in [5.74, 6) is -0.394. The van der Waals surface area contributed by atoms with E-state index >= 15 is 0 Å². The molecule has 1 N–H and O–H groups in total. The van der Waals surface area contributed by atoms with E-state index < -0.39 is 22.0 Å². The molecule has 1 amide bonds. The number of hydrogen-bond acceptors (Lipinski definition) is 4. The standard InChI is InChI=1S/C27H29FN2O4S/c1-27(2,3)20-11-14-24-23(17-20)30(35(32,33)22-7-5-4-6-8-22)18-25(34-24)26(31)29-16-15-19-9-12-21(28)13-10-19/h4-14,17,25H,15-16,18H2,1-3H3,(H,29,31)/t25-/m0/s1. The Labute approximate surface area is 205 Å². The fraction of sp³-hybridized carbons (Fsp3) is 0.296. The van der Waals surface area contributed by atoms with Crippen molar-refractivity contribution in [3.8, 4) is 5.75 Å². The van der Waals surface area contributed by atoms with Crippen LogP contribution in [0.1, 0.15) is 31.9 Å². The second-order valence-corrected chi connectivity index (χ2v) is 11.4. The van der Waals surface area contributed by atoms with Gasteiger partial charge in [0, 0.05) is 6.54 Å². The van der Waals surface area contributed by atoms with Gasteiger partial charge in [0.05, 0.1) is 17.1 Å². The van der Waals surface area contributed by atoms with Crippen LogP contribution in [0.3, 0.4) is 0 Å². The highest BCUT2D eigenvalue weighted by Gasteiger charge is 2.38. The summed E-state index contributed by atoms with van der Waals surface area (Å²) < 4.78 is 47.6. The van der Waals surface area contributed by atoms with E-state index in [4.69, 9.17) is 4.74 Å². The van der Waals surface area contributed by atoms with Gasteiger partial charge in [-0.2, -0.15) is 0 Å². The lowest BCUT2D eigenvalue weighted by Gasteiger charge is -2.36. The quantitative estimate of drug-likeness (QED) is 0.548. The number of amides is 1. The Morgan fingerprint density at radius 3 is 2.40 bits per heavy atom. The van der Waals surface area contributed by atoms with E-state index in [1.54, 1.807) is 36.4 Å². The summed E-state index contributed by atoms with van der Waals surface area (Å²) in [4.78, 5) is 13.1. The summed E-state index contributed by atoms with van der Waals surface area (Å²) in [6.07, 6.45) is -0.509. The largest absolute Gasteiger partial charge is 0.476 e. The molecule has 0 aliphatic carbocycles. The van der Waals surface area contributed by atoms with E-state index in [1.165, 1.54) is 28.6 Å². The van der Waals surface area contributed by atoms with Crippen LogP contribution in [0.5, 0.6) is 5.75 Å². The van der Waals surface area contributed by atoms with Gasteiger partial charge in [-0.1, -0.05) is 57.2 Å². The minimum absolute atomic E-state index is 0.143. The van der Waals surface area contributed by atoms with Crippen molar-refractivity contribution < 1.29 is 22.3 Å². The Kier molecular flexibility index (Phi) is 6.85. The lowest BCUT2D eigenvalue weighted by molar-refractivity contribution is -0.127. The van der Waals surface area contributed by atoms with Gasteiger partial charge in [-0.3, -0.25) is 9.10 Å². The molecule has 1 heterocycles. The molecule has 0 bridgehead atoms. The van der Waals surface area contributed by atoms with Crippen molar-refractivity contribution in [2.24, 2.45) is 0 Å². The summed E-state index contributed by atoms with van der Waals surface area (Å²) in [7, 11) is -3.93. The summed E-state index contributed by atoms with van der Waals surface area (Å²) >= 11 is 0. The molecule has 0 unspecified atom stereocenters. The molecule has 0 fully saturated rings. The molecule has 3 aromatic carbocycles. The molecule has 0 saturated carbocycles. The van der Waals surface area contributed by atoms with Crippen LogP contribution in [-0.2, 0) is 26.7 Å². The van der Waals surface area contributed by atoms with E-state index in [0.717, 1.165) is 11.1 Å². The second-order valence-electron chi connectivity index (χ2n) is 9.56. The van der Waals surface area contributed by atoms with Crippen molar-refractivity contribution in [3.63, 3.8) is 0 Å². The Bertz CT molecular complexity index is 1300. The Morgan fingerprint density at radius 1 is 1.06 bits per heavy atom. The first-order valence-electron chi connectivity index (χ1n) is 11.5. The maximum Gasteiger partial charge on any atom is 0.264 e. The van der Waals surface area contributed by atoms with Gasteiger partial charge >= 0.3 is 0 Å². The van der Waals surface area contributed by atoms with Crippen LogP contribution in [-0.4, -0.2) is 33.5 Å². The number of carbonyl (C=O) groups is 1. The minimum Gasteiger partial charge on any atom is -0.476 e. The van der Waals surface area contributed by atoms with Crippen molar-refractivity contribution >= 4 is 21.6 Å². The molecule has 1 atom stereocenters. The smallest absolute Gasteiger partial charge is 0.264 e. The number of halogens is 1. The summed E-state index contributed by atoms with van der Waals surface area (Å²) in [6, 6.07) is 19.7. The zero-order valence-electron chi connectivity index (χ0n) is 20.0. The van der Waals surface area contributed by atoms with Crippen molar-refractivity contribution in [2.45, 2.75) is 43.6 Å². The Hall–Kier alpha value is -3.39. The van der Waals surface area contributed by atoms with Crippen LogP contribution in [0.4, 0.5) is 10.1 Å². The van der Waals surface area contributed by atoms with Crippen molar-refractivity contribution in [2.75, 3.05) is 17.4 Å². The number of fused-ring (bicyclic) bond motifs is 1. The predicted molar refractivity (Wildman–Crippen MR) is 134 cm³/mol. The van der Waals surface area contributed by atoms with Gasteiger partial charge in [-0.25, -0.2) is 12.8 Å². The number of ether oxygens (including phenoxy) is 1. The number of benzene rings is 3. The average molecular weight is 497 g/mol. The molecule has 0 radical (unpaired) electrons. The first kappa shape index (κ1) is 24.7. The highest BCUT2D eigenvalue weighted by molar-refractivity contribution is 7.92. The Balaban J connectivity index is 1.60. The SMILES string of the molecule is CC(C)(C)c1ccc2c(c1)N(S(=O)(=O)c1ccccc1)C[C@@H](C(=O)NCCc1ccc(F)cc1)O2. The van der Waals surface area contributed by atoms with Crippen LogP contribution in [0.25, 0.3) is 0 Å². The zero-order chi connectivity index (χ0) is 25.2. The van der Waals surface area contributed by atoms with E-state index in [9.17, 15) is 17.6 Å². The number of anilines is 1. The van der Waals surface area contributed by atoms with E-state index in [1.807, 2.05) is 32.9 Å². The molecule has 0 spiro atoms. The number of sulfonamides is 1. The van der Waals surface area contributed by atoms with Gasteiger partial charge in [0.2, 0.25) is 0 Å². The lowest BCUT2D eigenvalue weighted by Crippen LogP contribution is -2.51. The average Bonchev–Trinajstić information content (AvgIpc) is 2.84. The molecule has 6 nitrogen and oxygen atoms in total. The van der Waals surface area contributed by atoms with Crippen LogP contribution in [0.2, 0.25) is 0 Å². The molecule has 0 aromatic heterocycles. The normalized spacial score (nSPS) is 15.8. The first-order valence-corrected chi connectivity index (χ1v) is 12.9. The fourth-order valence-electron chi connectivity index (χ4n) is 3.90. The monoisotopic (exact) mass is 496 g/mol. The number of nitrogens with one attached hydrogen (secondary N) is 1. The van der Waals surface area contributed by atoms with Crippen LogP contribution in [0.15, 0.2) is 77.7 Å². The van der Waals surface area contributed by atoms with Crippen molar-refractivity contribution in [1.82, 2.24) is 5.32 Å². The van der Waals surface area contributed by atoms with Crippen LogP contribution < -0.4 is 14.4 Å². The molecule has 1 aliphatic rings. The van der Waals surface area contributed by atoms with Crippen LogP contribution >= 0.6 is 0 Å². The molecule has 8 heteroatoms. The first-order chi connectivity index (χ1) is 16.6. The van der Waals surface area contributed by atoms with Crippen molar-refractivity contribution in [1.29, 1.82) is 0 Å². The van der Waals surface area contributed by atoms with E-state index in [2.05, 4.69) is 5.32 Å². The van der Waals surface area contributed by atoms with Crippen LogP contribution in [0, 0.1) is 5.82 Å². The molecule has 3 aromatic rings. The third kappa shape index (κ3) is 5.48. The molecule has 184 valence electrons. The fourth-order valence-corrected chi connectivity index (χ4v) is 5.39. The molecule has 0 saturated heterocycles. The number of carbonyl (C=O) groups excluding carboxylic acids is 1. The summed E-state index contributed by atoms with van der Waals surface area (Å²) in [5, 5.41) is 2.81. The lowest BCUT2D eigenvalue weighted by atomic mass is 9.86. The molecular weight excluding hydrogens is 467 g/mol. The van der Waals surface area contributed by atoms with E-state index in [-0.39, 0.29) is 22.7 Å². The number of nitrogens with zero attached hydrogens (tertiary/aromatic N) is 1. The predicted octanol–water partition coefficient (Wildman–Crippen LogP) is 4.44. The Morgan fingerprint density at radius 2 is 1.74 bits per heavy atom. The van der Waals surface area contributed by atoms with E-state index in [0.29, 0.717) is 24.4 Å². The molecular formula is C27H29FN2O4S. The highest BCUT2D eigenvalue weighted by atomic mass is 32.2. The topological polar surface area (TPSA) is 75.7 Å². The van der Waals surface area contributed by atoms with Gasteiger partial charge in [0.15, 0.2) is 6.10 Å². The van der Waals surface area contributed by atoms with Crippen molar-refractivity contribution in [3.05, 3.63) is 89.7 Å². The van der Waals surface area contributed by atoms with Gasteiger partial charge in [-0.15, -0.1) is 0 Å². The maximum absolute atomic E-state index is 13.6. The van der Waals surface area contributed by atoms with Gasteiger partial charge in [0.1, 0.15) is 11.6 Å². The third-order valence-electron chi connectivity index (χ3n) is 5.94. The summed E-state index contributed by atoms with van der Waals surface area (Å²) in [5.41, 5.74) is 2.04.